The minimum atomic E-state index is -0.0826. The van der Waals surface area contributed by atoms with Crippen LogP contribution >= 0.6 is 0 Å². The van der Waals surface area contributed by atoms with Gasteiger partial charge in [-0.25, -0.2) is 0 Å². The van der Waals surface area contributed by atoms with Crippen molar-refractivity contribution in [2.24, 2.45) is 52.3 Å². The molecule has 42 heavy (non-hydrogen) atoms. The van der Waals surface area contributed by atoms with Crippen LogP contribution in [0.15, 0.2) is 42.1 Å². The first kappa shape index (κ1) is 30.0. The molecule has 0 radical (unpaired) electrons. The van der Waals surface area contributed by atoms with Crippen molar-refractivity contribution in [3.8, 4) is 0 Å². The summed E-state index contributed by atoms with van der Waals surface area (Å²) < 4.78 is 6.14. The van der Waals surface area contributed by atoms with Crippen molar-refractivity contribution in [3.63, 3.8) is 0 Å². The fourth-order valence-electron chi connectivity index (χ4n) is 11.1. The number of aromatic amines is 1. The van der Waals surface area contributed by atoms with Gasteiger partial charge in [-0.15, -0.1) is 0 Å². The Labute approximate surface area is 255 Å². The van der Waals surface area contributed by atoms with Gasteiger partial charge in [-0.3, -0.25) is 4.79 Å². The zero-order valence-corrected chi connectivity index (χ0v) is 27.4. The maximum Gasteiger partial charge on any atom is 0.310 e. The van der Waals surface area contributed by atoms with Gasteiger partial charge in [-0.2, -0.15) is 0 Å². The number of esters is 1. The Bertz CT molecular complexity index is 1290. The number of nitrogens with one attached hydrogen (secondary N) is 1. The van der Waals surface area contributed by atoms with Crippen molar-refractivity contribution >= 4 is 16.9 Å². The first-order valence-electron chi connectivity index (χ1n) is 17.6. The summed E-state index contributed by atoms with van der Waals surface area (Å²) in [5, 5.41) is 1.13. The normalized spacial score (nSPS) is 35.7. The zero-order valence-electron chi connectivity index (χ0n) is 27.4. The van der Waals surface area contributed by atoms with Gasteiger partial charge in [-0.1, -0.05) is 84.2 Å². The highest BCUT2D eigenvalue weighted by Gasteiger charge is 2.59. The number of benzene rings is 1. The fraction of sp³-hybridized carbons (Fsp3) is 0.718. The smallest absolute Gasteiger partial charge is 0.310 e. The third-order valence-corrected chi connectivity index (χ3v) is 13.6. The van der Waals surface area contributed by atoms with E-state index < -0.39 is 0 Å². The second-order valence-electron chi connectivity index (χ2n) is 15.8. The number of hydrogen-bond donors (Lipinski definition) is 1. The molecule has 1 N–H and O–H groups in total. The number of hydrogen-bond acceptors (Lipinski definition) is 2. The summed E-state index contributed by atoms with van der Waals surface area (Å²) in [5.74, 6) is 5.90. The molecule has 0 amide bonds. The minimum Gasteiger partial charge on any atom is -0.462 e. The van der Waals surface area contributed by atoms with E-state index in [0.29, 0.717) is 17.3 Å². The van der Waals surface area contributed by atoms with Crippen LogP contribution in [-0.2, 0) is 16.0 Å². The summed E-state index contributed by atoms with van der Waals surface area (Å²) in [6.07, 6.45) is 19.2. The van der Waals surface area contributed by atoms with E-state index >= 15 is 0 Å². The molecule has 0 bridgehead atoms. The van der Waals surface area contributed by atoms with Gasteiger partial charge in [0.25, 0.3) is 0 Å². The van der Waals surface area contributed by atoms with Crippen molar-refractivity contribution in [2.45, 2.75) is 125 Å². The molecule has 4 aliphatic carbocycles. The molecule has 0 spiro atoms. The number of fused-ring (bicyclic) bond motifs is 6. The van der Waals surface area contributed by atoms with E-state index in [1.165, 1.54) is 57.8 Å². The lowest BCUT2D eigenvalue weighted by Gasteiger charge is -2.58. The number of H-pyrrole nitrogens is 1. The molecule has 3 saturated carbocycles. The molecule has 4 aliphatic rings. The Morgan fingerprint density at radius 2 is 1.83 bits per heavy atom. The first-order chi connectivity index (χ1) is 20.1. The number of para-hydroxylation sites is 1. The van der Waals surface area contributed by atoms with Crippen LogP contribution in [-0.4, -0.2) is 17.1 Å². The Morgan fingerprint density at radius 1 is 1.02 bits per heavy atom. The van der Waals surface area contributed by atoms with Crippen LogP contribution in [0.5, 0.6) is 0 Å². The molecule has 1 aromatic carbocycles. The van der Waals surface area contributed by atoms with Gasteiger partial charge in [-0.05, 0) is 115 Å². The molecular weight excluding hydrogens is 514 g/mol. The molecule has 6 rings (SSSR count). The molecule has 3 nitrogen and oxygen atoms in total. The standard InChI is InChI=1S/C39H57NO2/c1-7-27(25(2)3)13-12-26(4)33-16-17-34-32-15-14-29-23-30(18-20-38(29,5)35(32)19-21-39(33,34)6)42-37(41)22-28-24-40-36-11-9-8-10-31(28)36/h8-11,14,24-27,30,32-35,40H,7,12-13,15-23H2,1-6H3. The van der Waals surface area contributed by atoms with Crippen LogP contribution in [0.1, 0.15) is 118 Å². The molecule has 0 saturated heterocycles. The second-order valence-corrected chi connectivity index (χ2v) is 15.8. The maximum atomic E-state index is 13.0. The fourth-order valence-corrected chi connectivity index (χ4v) is 11.1. The summed E-state index contributed by atoms with van der Waals surface area (Å²) in [7, 11) is 0. The van der Waals surface area contributed by atoms with Crippen LogP contribution in [0.2, 0.25) is 0 Å². The lowest BCUT2D eigenvalue weighted by atomic mass is 9.47. The quantitative estimate of drug-likeness (QED) is 0.240. The third-order valence-electron chi connectivity index (χ3n) is 13.6. The van der Waals surface area contributed by atoms with Gasteiger partial charge in [0.1, 0.15) is 6.10 Å². The molecule has 0 aliphatic heterocycles. The molecule has 9 unspecified atom stereocenters. The average Bonchev–Trinajstić information content (AvgIpc) is 3.54. The van der Waals surface area contributed by atoms with Gasteiger partial charge in [0.05, 0.1) is 6.42 Å². The first-order valence-corrected chi connectivity index (χ1v) is 17.6. The summed E-state index contributed by atoms with van der Waals surface area (Å²) >= 11 is 0. The number of carbonyl (C=O) groups is 1. The minimum absolute atomic E-state index is 0.0296. The Balaban J connectivity index is 1.09. The number of carbonyl (C=O) groups excluding carboxylic acids is 1. The van der Waals surface area contributed by atoms with Gasteiger partial charge in [0, 0.05) is 23.5 Å². The lowest BCUT2D eigenvalue weighted by molar-refractivity contribution is -0.150. The van der Waals surface area contributed by atoms with Crippen molar-refractivity contribution in [3.05, 3.63) is 47.7 Å². The van der Waals surface area contributed by atoms with Crippen LogP contribution in [0.3, 0.4) is 0 Å². The summed E-state index contributed by atoms with van der Waals surface area (Å²) in [4.78, 5) is 16.3. The van der Waals surface area contributed by atoms with Gasteiger partial charge in [0.15, 0.2) is 0 Å². The van der Waals surface area contributed by atoms with E-state index in [1.54, 1.807) is 5.57 Å². The molecule has 3 heteroatoms. The van der Waals surface area contributed by atoms with Crippen molar-refractivity contribution in [1.29, 1.82) is 0 Å². The van der Waals surface area contributed by atoms with Crippen LogP contribution in [0.25, 0.3) is 10.9 Å². The molecular formula is C39H57NO2. The van der Waals surface area contributed by atoms with Crippen molar-refractivity contribution < 1.29 is 9.53 Å². The predicted molar refractivity (Wildman–Crippen MR) is 174 cm³/mol. The third kappa shape index (κ3) is 5.30. The number of rotatable bonds is 9. The van der Waals surface area contributed by atoms with Crippen LogP contribution < -0.4 is 0 Å². The Morgan fingerprint density at radius 3 is 2.62 bits per heavy atom. The average molecular weight is 572 g/mol. The number of allylic oxidation sites excluding steroid dienone is 1. The van der Waals surface area contributed by atoms with E-state index in [9.17, 15) is 4.79 Å². The predicted octanol–water partition coefficient (Wildman–Crippen LogP) is 10.3. The largest absolute Gasteiger partial charge is 0.462 e. The summed E-state index contributed by atoms with van der Waals surface area (Å²) in [6, 6.07) is 8.20. The highest BCUT2D eigenvalue weighted by atomic mass is 16.5. The molecule has 230 valence electrons. The molecule has 1 aromatic heterocycles. The highest BCUT2D eigenvalue weighted by Crippen LogP contribution is 2.67. The van der Waals surface area contributed by atoms with Crippen molar-refractivity contribution in [2.75, 3.05) is 0 Å². The lowest BCUT2D eigenvalue weighted by Crippen LogP contribution is -2.51. The maximum absolute atomic E-state index is 13.0. The zero-order chi connectivity index (χ0) is 29.6. The molecule has 9 atom stereocenters. The summed E-state index contributed by atoms with van der Waals surface area (Å²) in [6.45, 7) is 15.1. The van der Waals surface area contributed by atoms with Gasteiger partial charge in [0.2, 0.25) is 0 Å². The SMILES string of the molecule is CCC(CCC(C)C1CCC2C3CC=C4CC(OC(=O)Cc5c[nH]c6ccccc56)CCC4(C)C3CCC12C)C(C)C. The van der Waals surface area contributed by atoms with Crippen LogP contribution in [0.4, 0.5) is 0 Å². The Kier molecular flexibility index (Phi) is 8.44. The topological polar surface area (TPSA) is 42.1 Å². The van der Waals surface area contributed by atoms with Crippen molar-refractivity contribution in [1.82, 2.24) is 4.98 Å². The Hall–Kier alpha value is -2.03. The van der Waals surface area contributed by atoms with Gasteiger partial charge < -0.3 is 9.72 Å². The van der Waals surface area contributed by atoms with E-state index in [1.807, 2.05) is 18.3 Å². The van der Waals surface area contributed by atoms with Crippen LogP contribution in [0, 0.1) is 52.3 Å². The van der Waals surface area contributed by atoms with E-state index in [2.05, 4.69) is 64.7 Å². The summed E-state index contributed by atoms with van der Waals surface area (Å²) in [5.41, 5.74) is 4.54. The highest BCUT2D eigenvalue weighted by molar-refractivity contribution is 5.87. The van der Waals surface area contributed by atoms with E-state index in [4.69, 9.17) is 4.74 Å². The van der Waals surface area contributed by atoms with E-state index in [0.717, 1.165) is 70.7 Å². The molecule has 2 aromatic rings. The number of ether oxygens (including phenoxy) is 1. The van der Waals surface area contributed by atoms with Gasteiger partial charge >= 0.3 is 5.97 Å². The molecule has 1 heterocycles. The molecule has 3 fully saturated rings. The van der Waals surface area contributed by atoms with E-state index in [-0.39, 0.29) is 12.1 Å². The number of aromatic nitrogens is 1. The second kappa shape index (κ2) is 11.8. The monoisotopic (exact) mass is 571 g/mol.